The van der Waals surface area contributed by atoms with Crippen molar-refractivity contribution in [3.05, 3.63) is 16.1 Å². The van der Waals surface area contributed by atoms with Gasteiger partial charge in [0.2, 0.25) is 0 Å². The molecule has 1 aromatic rings. The van der Waals surface area contributed by atoms with Gasteiger partial charge < -0.3 is 4.74 Å². The fraction of sp³-hybridized carbons (Fsp3) is 0.545. The summed E-state index contributed by atoms with van der Waals surface area (Å²) in [5, 5.41) is 2.21. The fourth-order valence-corrected chi connectivity index (χ4v) is 1.69. The van der Waals surface area contributed by atoms with E-state index in [1.165, 1.54) is 11.3 Å². The van der Waals surface area contributed by atoms with Crippen LogP contribution < -0.4 is 0 Å². The van der Waals surface area contributed by atoms with Gasteiger partial charge in [-0.3, -0.25) is 9.59 Å². The Morgan fingerprint density at radius 1 is 1.47 bits per heavy atom. The van der Waals surface area contributed by atoms with Gasteiger partial charge in [0.15, 0.2) is 5.78 Å². The molecule has 0 aliphatic heterocycles. The van der Waals surface area contributed by atoms with Crippen molar-refractivity contribution in [3.8, 4) is 0 Å². The van der Waals surface area contributed by atoms with E-state index in [2.05, 4.69) is 4.98 Å². The number of nitrogens with zero attached hydrogens (tertiary/aromatic N) is 1. The van der Waals surface area contributed by atoms with Crippen LogP contribution in [-0.2, 0) is 27.4 Å². The minimum atomic E-state index is -0.941. The van der Waals surface area contributed by atoms with Crippen molar-refractivity contribution in [1.82, 2.24) is 4.98 Å². The number of carbonyl (C=O) groups excluding carboxylic acids is 2. The summed E-state index contributed by atoms with van der Waals surface area (Å²) in [5.74, 6) is -1.09. The number of esters is 1. The molecule has 1 rings (SSSR count). The van der Waals surface area contributed by atoms with E-state index >= 15 is 0 Å². The molecule has 0 aromatic carbocycles. The first-order valence-electron chi connectivity index (χ1n) is 5.35. The molecule has 0 aliphatic rings. The van der Waals surface area contributed by atoms with E-state index in [-0.39, 0.29) is 18.3 Å². The minimum absolute atomic E-state index is 0.137. The van der Waals surface area contributed by atoms with Crippen LogP contribution in [0.1, 0.15) is 17.6 Å². The minimum Gasteiger partial charge on any atom is -0.466 e. The smallest absolute Gasteiger partial charge is 0.312 e. The van der Waals surface area contributed by atoms with Crippen LogP contribution in [0.5, 0.6) is 0 Å². The van der Waals surface area contributed by atoms with Crippen LogP contribution in [0, 0.1) is 0 Å². The zero-order valence-corrected chi connectivity index (χ0v) is 11.9. The van der Waals surface area contributed by atoms with E-state index < -0.39 is 19.1 Å². The molecular formula is C11H14ClF2NO3S. The molecular weight excluding hydrogens is 300 g/mol. The number of hydrogen-bond acceptors (Lipinski definition) is 5. The molecule has 0 atom stereocenters. The number of ketones is 1. The number of alkyl halides is 3. The summed E-state index contributed by atoms with van der Waals surface area (Å²) < 4.78 is 27.7. The van der Waals surface area contributed by atoms with Crippen molar-refractivity contribution < 1.29 is 23.1 Å². The first-order chi connectivity index (χ1) is 9.07. The molecule has 4 nitrogen and oxygen atoms in total. The van der Waals surface area contributed by atoms with Gasteiger partial charge in [-0.2, -0.15) is 0 Å². The summed E-state index contributed by atoms with van der Waals surface area (Å²) in [4.78, 5) is 24.5. The molecule has 0 saturated carbocycles. The number of rotatable bonds is 6. The second kappa shape index (κ2) is 10.8. The van der Waals surface area contributed by atoms with Gasteiger partial charge in [-0.05, 0) is 6.92 Å². The summed E-state index contributed by atoms with van der Waals surface area (Å²) in [6.45, 7) is 0.579. The third kappa shape index (κ3) is 8.61. The molecule has 0 unspecified atom stereocenters. The predicted octanol–water partition coefficient (Wildman–Crippen LogP) is 2.48. The monoisotopic (exact) mass is 313 g/mol. The average Bonchev–Trinajstić information content (AvgIpc) is 2.86. The molecule has 0 bridgehead atoms. The van der Waals surface area contributed by atoms with Gasteiger partial charge in [0.25, 0.3) is 0 Å². The Balaban J connectivity index is 0.000000459. The highest BCUT2D eigenvalue weighted by atomic mass is 35.5. The van der Waals surface area contributed by atoms with Crippen LogP contribution in [0.4, 0.5) is 8.78 Å². The van der Waals surface area contributed by atoms with Crippen molar-refractivity contribution in [2.45, 2.75) is 20.0 Å². The van der Waals surface area contributed by atoms with Crippen LogP contribution in [0.3, 0.4) is 0 Å². The Hall–Kier alpha value is -1.08. The van der Waals surface area contributed by atoms with Crippen molar-refractivity contribution in [1.29, 1.82) is 0 Å². The van der Waals surface area contributed by atoms with Gasteiger partial charge >= 0.3 is 5.97 Å². The molecule has 1 heterocycles. The van der Waals surface area contributed by atoms with E-state index in [0.717, 1.165) is 0 Å². The quantitative estimate of drug-likeness (QED) is 0.598. The van der Waals surface area contributed by atoms with E-state index in [1.54, 1.807) is 12.3 Å². The van der Waals surface area contributed by atoms with Gasteiger partial charge in [-0.25, -0.2) is 13.8 Å². The fourth-order valence-electron chi connectivity index (χ4n) is 0.863. The van der Waals surface area contributed by atoms with Gasteiger partial charge in [0.1, 0.15) is 18.4 Å². The third-order valence-corrected chi connectivity index (χ3v) is 2.83. The van der Waals surface area contributed by atoms with Gasteiger partial charge in [-0.1, -0.05) is 0 Å². The zero-order valence-electron chi connectivity index (χ0n) is 10.3. The van der Waals surface area contributed by atoms with Gasteiger partial charge in [0, 0.05) is 5.38 Å². The second-order valence-corrected chi connectivity index (χ2v) is 4.36. The Kier molecular flexibility index (Phi) is 10.2. The number of aromatic nitrogens is 1. The average molecular weight is 314 g/mol. The molecule has 0 radical (unpaired) electrons. The molecule has 0 amide bonds. The lowest BCUT2D eigenvalue weighted by molar-refractivity contribution is -0.142. The molecule has 0 aliphatic carbocycles. The van der Waals surface area contributed by atoms with Crippen LogP contribution in [0.2, 0.25) is 0 Å². The Labute approximate surface area is 118 Å². The van der Waals surface area contributed by atoms with E-state index in [4.69, 9.17) is 16.3 Å². The number of ether oxygens (including phenoxy) is 1. The highest BCUT2D eigenvalue weighted by Crippen LogP contribution is 2.11. The van der Waals surface area contributed by atoms with Crippen molar-refractivity contribution in [2.24, 2.45) is 0 Å². The number of thiazole rings is 1. The normalized spacial score (nSPS) is 9.47. The first kappa shape index (κ1) is 17.9. The molecule has 108 valence electrons. The Bertz CT molecular complexity index is 395. The lowest BCUT2D eigenvalue weighted by Gasteiger charge is -1.97. The van der Waals surface area contributed by atoms with Crippen molar-refractivity contribution in [3.63, 3.8) is 0 Å². The van der Waals surface area contributed by atoms with Gasteiger partial charge in [0.05, 0.1) is 24.6 Å². The Morgan fingerprint density at radius 2 is 2.16 bits per heavy atom. The standard InChI is InChI=1S/C8H10FNO2S.C3H4ClFO/c1-2-12-8(11)3-7-10-6(4-9)5-13-7;4-1-3(6)2-5/h5H,2-4H2,1H3;1-2H2. The van der Waals surface area contributed by atoms with Crippen LogP contribution >= 0.6 is 22.9 Å². The summed E-state index contributed by atoms with van der Waals surface area (Å²) in [6.07, 6.45) is 0.137. The zero-order chi connectivity index (χ0) is 14.7. The molecule has 0 saturated heterocycles. The number of carbonyl (C=O) groups is 2. The third-order valence-electron chi connectivity index (χ3n) is 1.64. The number of Topliss-reactive ketones (excluding diaryl/α,β-unsaturated/α-hetero) is 1. The van der Waals surface area contributed by atoms with E-state index in [1.807, 2.05) is 0 Å². The number of halogens is 3. The second-order valence-electron chi connectivity index (χ2n) is 3.15. The van der Waals surface area contributed by atoms with E-state index in [0.29, 0.717) is 17.3 Å². The molecule has 0 spiro atoms. The molecule has 0 fully saturated rings. The maximum absolute atomic E-state index is 12.1. The molecule has 0 N–H and O–H groups in total. The van der Waals surface area contributed by atoms with Crippen molar-refractivity contribution >= 4 is 34.7 Å². The summed E-state index contributed by atoms with van der Waals surface area (Å²) in [5.41, 5.74) is 0.379. The van der Waals surface area contributed by atoms with Gasteiger partial charge in [-0.15, -0.1) is 22.9 Å². The van der Waals surface area contributed by atoms with Crippen LogP contribution in [0.25, 0.3) is 0 Å². The highest BCUT2D eigenvalue weighted by molar-refractivity contribution is 7.09. The molecule has 19 heavy (non-hydrogen) atoms. The number of hydrogen-bond donors (Lipinski definition) is 0. The maximum atomic E-state index is 12.1. The Morgan fingerprint density at radius 3 is 2.53 bits per heavy atom. The maximum Gasteiger partial charge on any atom is 0.312 e. The predicted molar refractivity (Wildman–Crippen MR) is 69.0 cm³/mol. The lowest BCUT2D eigenvalue weighted by atomic mass is 10.4. The largest absolute Gasteiger partial charge is 0.466 e. The van der Waals surface area contributed by atoms with Crippen molar-refractivity contribution in [2.75, 3.05) is 19.2 Å². The van der Waals surface area contributed by atoms with Crippen LogP contribution in [0.15, 0.2) is 5.38 Å². The summed E-state index contributed by atoms with van der Waals surface area (Å²) in [6, 6.07) is 0. The first-order valence-corrected chi connectivity index (χ1v) is 6.77. The molecule has 1 aromatic heterocycles. The van der Waals surface area contributed by atoms with Crippen LogP contribution in [-0.4, -0.2) is 35.9 Å². The topological polar surface area (TPSA) is 56.3 Å². The highest BCUT2D eigenvalue weighted by Gasteiger charge is 2.07. The summed E-state index contributed by atoms with van der Waals surface area (Å²) >= 11 is 6.14. The lowest BCUT2D eigenvalue weighted by Crippen LogP contribution is -2.07. The SMILES string of the molecule is CCOC(=O)Cc1nc(CF)cs1.O=C(CF)CCl. The molecule has 8 heteroatoms. The van der Waals surface area contributed by atoms with E-state index in [9.17, 15) is 18.4 Å². The summed E-state index contributed by atoms with van der Waals surface area (Å²) in [7, 11) is 0.